The fraction of sp³-hybridized carbons (Fsp3) is 0.136. The van der Waals surface area contributed by atoms with E-state index in [1.807, 2.05) is 6.92 Å². The van der Waals surface area contributed by atoms with Crippen LogP contribution < -0.4 is 0 Å². The van der Waals surface area contributed by atoms with E-state index in [0.717, 1.165) is 17.8 Å². The maximum atomic E-state index is 14.3. The molecule has 1 aromatic carbocycles. The first-order chi connectivity index (χ1) is 14.2. The summed E-state index contributed by atoms with van der Waals surface area (Å²) in [5.74, 6) is -0.321. The zero-order chi connectivity index (χ0) is 21.6. The van der Waals surface area contributed by atoms with Crippen LogP contribution in [0.2, 0.25) is 0 Å². The molecule has 0 saturated carbocycles. The van der Waals surface area contributed by atoms with Crippen LogP contribution in [0.3, 0.4) is 0 Å². The summed E-state index contributed by atoms with van der Waals surface area (Å²) in [7, 11) is 0. The minimum absolute atomic E-state index is 0.165. The van der Waals surface area contributed by atoms with E-state index in [9.17, 15) is 22.8 Å². The molecule has 3 aromatic heterocycles. The van der Waals surface area contributed by atoms with Gasteiger partial charge in [0, 0.05) is 17.8 Å². The topological polar surface area (TPSA) is 54.5 Å². The van der Waals surface area contributed by atoms with Gasteiger partial charge in [-0.3, -0.25) is 9.55 Å². The average molecular weight is 410 g/mol. The van der Waals surface area contributed by atoms with Crippen molar-refractivity contribution in [3.05, 3.63) is 76.9 Å². The highest BCUT2D eigenvalue weighted by Crippen LogP contribution is 2.37. The number of nitrogens with zero attached hydrogens (tertiary/aromatic N) is 4. The molecular weight excluding hydrogens is 396 g/mol. The summed E-state index contributed by atoms with van der Waals surface area (Å²) in [5.41, 5.74) is 1.73. The van der Waals surface area contributed by atoms with Crippen molar-refractivity contribution in [2.75, 3.05) is 0 Å². The Kier molecular flexibility index (Phi) is 4.54. The standard InChI is InChI=1S/C22H14F4N4/c1-12-3-5-18(28-10-12)21-16(9-27)15-8-17(23)13(2)7-19(15)30(21)20-6-4-14(11-29-20)22(24,25)26/h3-8,10-11H,1-2H3. The zero-order valence-corrected chi connectivity index (χ0v) is 15.9. The Bertz CT molecular complexity index is 1300. The van der Waals surface area contributed by atoms with Gasteiger partial charge in [-0.05, 0) is 55.3 Å². The molecule has 8 heteroatoms. The number of fused-ring (bicyclic) bond motifs is 1. The molecule has 0 N–H and O–H groups in total. The molecule has 30 heavy (non-hydrogen) atoms. The second-order valence-electron chi connectivity index (χ2n) is 6.91. The highest BCUT2D eigenvalue weighted by Gasteiger charge is 2.31. The number of pyridine rings is 2. The molecule has 0 aliphatic heterocycles. The van der Waals surface area contributed by atoms with Crippen molar-refractivity contribution < 1.29 is 17.6 Å². The molecule has 4 rings (SSSR count). The van der Waals surface area contributed by atoms with E-state index < -0.39 is 17.6 Å². The first kappa shape index (κ1) is 19.6. The summed E-state index contributed by atoms with van der Waals surface area (Å²) < 4.78 is 54.7. The van der Waals surface area contributed by atoms with Gasteiger partial charge in [-0.25, -0.2) is 9.37 Å². The highest BCUT2D eigenvalue weighted by atomic mass is 19.4. The van der Waals surface area contributed by atoms with Gasteiger partial charge < -0.3 is 0 Å². The monoisotopic (exact) mass is 410 g/mol. The molecule has 0 spiro atoms. The van der Waals surface area contributed by atoms with Gasteiger partial charge in [-0.1, -0.05) is 6.07 Å². The summed E-state index contributed by atoms with van der Waals surface area (Å²) >= 11 is 0. The molecular formula is C22H14F4N4. The smallest absolute Gasteiger partial charge is 0.291 e. The summed E-state index contributed by atoms with van der Waals surface area (Å²) in [6.45, 7) is 3.43. The maximum absolute atomic E-state index is 14.3. The number of rotatable bonds is 2. The van der Waals surface area contributed by atoms with E-state index in [0.29, 0.717) is 27.9 Å². The van der Waals surface area contributed by atoms with Crippen LogP contribution in [0.5, 0.6) is 0 Å². The Morgan fingerprint density at radius 1 is 1.00 bits per heavy atom. The van der Waals surface area contributed by atoms with E-state index in [-0.39, 0.29) is 11.4 Å². The molecule has 0 saturated heterocycles. The van der Waals surface area contributed by atoms with E-state index in [2.05, 4.69) is 16.0 Å². The molecule has 0 bridgehead atoms. The summed E-state index contributed by atoms with van der Waals surface area (Å²) in [5, 5.41) is 10.2. The SMILES string of the molecule is Cc1ccc(-c2c(C#N)c3cc(F)c(C)cc3n2-c2ccc(C(F)(F)F)cn2)nc1. The van der Waals surface area contributed by atoms with Gasteiger partial charge in [0.25, 0.3) is 0 Å². The third-order valence-electron chi connectivity index (χ3n) is 4.82. The summed E-state index contributed by atoms with van der Waals surface area (Å²) in [6.07, 6.45) is -2.18. The van der Waals surface area contributed by atoms with Crippen LogP contribution in [0, 0.1) is 31.0 Å². The molecule has 3 heterocycles. The lowest BCUT2D eigenvalue weighted by Crippen LogP contribution is -2.07. The van der Waals surface area contributed by atoms with Gasteiger partial charge >= 0.3 is 6.18 Å². The second-order valence-corrected chi connectivity index (χ2v) is 6.91. The Morgan fingerprint density at radius 3 is 2.33 bits per heavy atom. The predicted molar refractivity (Wildman–Crippen MR) is 103 cm³/mol. The molecule has 0 atom stereocenters. The molecule has 0 aliphatic rings. The summed E-state index contributed by atoms with van der Waals surface area (Å²) in [4.78, 5) is 8.35. The van der Waals surface area contributed by atoms with Crippen molar-refractivity contribution in [3.63, 3.8) is 0 Å². The minimum Gasteiger partial charge on any atom is -0.291 e. The summed E-state index contributed by atoms with van der Waals surface area (Å²) in [6, 6.07) is 10.5. The van der Waals surface area contributed by atoms with Crippen molar-refractivity contribution in [1.29, 1.82) is 5.26 Å². The van der Waals surface area contributed by atoms with E-state index >= 15 is 0 Å². The molecule has 0 aliphatic carbocycles. The normalized spacial score (nSPS) is 11.6. The first-order valence-corrected chi connectivity index (χ1v) is 8.92. The first-order valence-electron chi connectivity index (χ1n) is 8.92. The van der Waals surface area contributed by atoms with Gasteiger partial charge in [0.1, 0.15) is 17.7 Å². The molecule has 0 unspecified atom stereocenters. The minimum atomic E-state index is -4.52. The largest absolute Gasteiger partial charge is 0.417 e. The Labute approximate surface area is 169 Å². The van der Waals surface area contributed by atoms with Crippen molar-refractivity contribution in [1.82, 2.24) is 14.5 Å². The quantitative estimate of drug-likeness (QED) is 0.396. The van der Waals surface area contributed by atoms with Gasteiger partial charge in [0.2, 0.25) is 0 Å². The molecule has 0 amide bonds. The van der Waals surface area contributed by atoms with Crippen molar-refractivity contribution in [3.8, 4) is 23.3 Å². The highest BCUT2D eigenvalue weighted by molar-refractivity contribution is 5.95. The van der Waals surface area contributed by atoms with Crippen LogP contribution in [0.15, 0.2) is 48.8 Å². The molecule has 4 aromatic rings. The predicted octanol–water partition coefficient (Wildman–Crippen LogP) is 5.73. The average Bonchev–Trinajstić information content (AvgIpc) is 3.01. The number of halogens is 4. The van der Waals surface area contributed by atoms with Gasteiger partial charge in [0.05, 0.1) is 28.0 Å². The lowest BCUT2D eigenvalue weighted by molar-refractivity contribution is -0.137. The van der Waals surface area contributed by atoms with Crippen molar-refractivity contribution >= 4 is 10.9 Å². The van der Waals surface area contributed by atoms with Gasteiger partial charge in [-0.2, -0.15) is 18.4 Å². The van der Waals surface area contributed by atoms with Crippen LogP contribution >= 0.6 is 0 Å². The van der Waals surface area contributed by atoms with Crippen molar-refractivity contribution in [2.45, 2.75) is 20.0 Å². The number of benzene rings is 1. The molecule has 4 nitrogen and oxygen atoms in total. The number of hydrogen-bond acceptors (Lipinski definition) is 3. The second kappa shape index (κ2) is 6.95. The van der Waals surface area contributed by atoms with E-state index in [1.54, 1.807) is 31.3 Å². The van der Waals surface area contributed by atoms with Gasteiger partial charge in [0.15, 0.2) is 0 Å². The number of hydrogen-bond donors (Lipinski definition) is 0. The van der Waals surface area contributed by atoms with Crippen LogP contribution in [0.4, 0.5) is 17.6 Å². The van der Waals surface area contributed by atoms with E-state index in [4.69, 9.17) is 0 Å². The third kappa shape index (κ3) is 3.18. The lowest BCUT2D eigenvalue weighted by Gasteiger charge is -2.12. The molecule has 0 fully saturated rings. The fourth-order valence-electron chi connectivity index (χ4n) is 3.30. The van der Waals surface area contributed by atoms with Crippen molar-refractivity contribution in [2.24, 2.45) is 0 Å². The van der Waals surface area contributed by atoms with Gasteiger partial charge in [-0.15, -0.1) is 0 Å². The Hall–Kier alpha value is -3.73. The number of nitriles is 1. The van der Waals surface area contributed by atoms with Crippen LogP contribution in [-0.2, 0) is 6.18 Å². The molecule has 0 radical (unpaired) electrons. The van der Waals surface area contributed by atoms with Crippen LogP contribution in [0.25, 0.3) is 28.1 Å². The number of alkyl halides is 3. The number of aryl methyl sites for hydroxylation is 2. The van der Waals surface area contributed by atoms with Crippen LogP contribution in [-0.4, -0.2) is 14.5 Å². The Balaban J connectivity index is 2.09. The maximum Gasteiger partial charge on any atom is 0.417 e. The molecule has 150 valence electrons. The third-order valence-corrected chi connectivity index (χ3v) is 4.82. The number of aromatic nitrogens is 3. The van der Waals surface area contributed by atoms with Crippen LogP contribution in [0.1, 0.15) is 22.3 Å². The lowest BCUT2D eigenvalue weighted by atomic mass is 10.1. The Morgan fingerprint density at radius 2 is 1.77 bits per heavy atom. The zero-order valence-electron chi connectivity index (χ0n) is 15.9. The fourth-order valence-corrected chi connectivity index (χ4v) is 3.30. The van der Waals surface area contributed by atoms with E-state index in [1.165, 1.54) is 16.7 Å².